The third kappa shape index (κ3) is 3.62. The summed E-state index contributed by atoms with van der Waals surface area (Å²) in [6, 6.07) is 5.61. The van der Waals surface area contributed by atoms with Crippen molar-refractivity contribution in [2.75, 3.05) is 6.54 Å². The molecule has 112 valence electrons. The fourth-order valence-electron chi connectivity index (χ4n) is 2.08. The minimum atomic E-state index is -0.253. The Morgan fingerprint density at radius 3 is 2.76 bits per heavy atom. The molecular weight excluding hydrogens is 268 g/mol. The highest BCUT2D eigenvalue weighted by molar-refractivity contribution is 5.90. The van der Waals surface area contributed by atoms with E-state index in [4.69, 9.17) is 4.74 Å². The van der Waals surface area contributed by atoms with Crippen LogP contribution in [0.3, 0.4) is 0 Å². The highest BCUT2D eigenvalue weighted by Gasteiger charge is 2.14. The van der Waals surface area contributed by atoms with Gasteiger partial charge in [0, 0.05) is 25.1 Å². The van der Waals surface area contributed by atoms with Crippen molar-refractivity contribution < 1.29 is 14.3 Å². The van der Waals surface area contributed by atoms with Gasteiger partial charge in [0.2, 0.25) is 5.91 Å². The number of ether oxygens (including phenoxy) is 1. The number of amides is 1. The second kappa shape index (κ2) is 6.43. The number of para-hydroxylation sites is 1. The first kappa shape index (κ1) is 15.1. The molecule has 0 bridgehead atoms. The van der Waals surface area contributed by atoms with Gasteiger partial charge in [-0.25, -0.2) is 0 Å². The van der Waals surface area contributed by atoms with E-state index in [-0.39, 0.29) is 17.8 Å². The summed E-state index contributed by atoms with van der Waals surface area (Å²) in [6.07, 6.45) is 2.61. The van der Waals surface area contributed by atoms with E-state index in [1.807, 2.05) is 18.3 Å². The molecule has 0 atom stereocenters. The Hall–Kier alpha value is -2.30. The van der Waals surface area contributed by atoms with Gasteiger partial charge in [0.05, 0.1) is 11.4 Å². The van der Waals surface area contributed by atoms with Crippen LogP contribution in [-0.2, 0) is 16.0 Å². The molecular formula is C16H20N2O3. The first-order chi connectivity index (χ1) is 9.99. The lowest BCUT2D eigenvalue weighted by atomic mass is 10.1. The Labute approximate surface area is 123 Å². The molecule has 2 aromatic rings. The normalized spacial score (nSPS) is 10.9. The third-order valence-corrected chi connectivity index (χ3v) is 3.21. The summed E-state index contributed by atoms with van der Waals surface area (Å²) >= 11 is 0. The number of benzene rings is 1. The lowest BCUT2D eigenvalue weighted by Gasteiger charge is -2.08. The quantitative estimate of drug-likeness (QED) is 0.655. The number of carbonyl (C=O) groups is 2. The van der Waals surface area contributed by atoms with E-state index in [9.17, 15) is 9.59 Å². The van der Waals surface area contributed by atoms with Crippen LogP contribution >= 0.6 is 0 Å². The van der Waals surface area contributed by atoms with E-state index in [2.05, 4.69) is 10.3 Å². The summed E-state index contributed by atoms with van der Waals surface area (Å²) < 4.78 is 5.41. The van der Waals surface area contributed by atoms with Crippen molar-refractivity contribution in [2.45, 2.75) is 27.2 Å². The molecule has 0 fully saturated rings. The SMILES string of the molecule is CC(=O)NCCc1c[nH]c2c(OC(=O)C(C)C)cccc12. The molecule has 1 amide bonds. The second-order valence-electron chi connectivity index (χ2n) is 5.30. The summed E-state index contributed by atoms with van der Waals surface area (Å²) in [5, 5.41) is 3.78. The van der Waals surface area contributed by atoms with Crippen molar-refractivity contribution in [1.29, 1.82) is 0 Å². The standard InChI is InChI=1S/C16H20N2O3/c1-10(2)16(20)21-14-6-4-5-13-12(9-18-15(13)14)7-8-17-11(3)19/h4-6,9-10,18H,7-8H2,1-3H3,(H,17,19). The molecule has 1 aromatic carbocycles. The molecule has 0 radical (unpaired) electrons. The average molecular weight is 288 g/mol. The molecule has 2 rings (SSSR count). The van der Waals surface area contributed by atoms with Crippen LogP contribution in [0.5, 0.6) is 5.75 Å². The van der Waals surface area contributed by atoms with Gasteiger partial charge in [-0.3, -0.25) is 9.59 Å². The van der Waals surface area contributed by atoms with E-state index >= 15 is 0 Å². The van der Waals surface area contributed by atoms with E-state index in [1.54, 1.807) is 19.9 Å². The molecule has 0 aliphatic rings. The zero-order valence-corrected chi connectivity index (χ0v) is 12.5. The number of H-pyrrole nitrogens is 1. The van der Waals surface area contributed by atoms with Crippen molar-refractivity contribution >= 4 is 22.8 Å². The van der Waals surface area contributed by atoms with Crippen LogP contribution in [-0.4, -0.2) is 23.4 Å². The van der Waals surface area contributed by atoms with E-state index in [1.165, 1.54) is 6.92 Å². The van der Waals surface area contributed by atoms with Crippen LogP contribution < -0.4 is 10.1 Å². The maximum absolute atomic E-state index is 11.7. The maximum Gasteiger partial charge on any atom is 0.313 e. The van der Waals surface area contributed by atoms with E-state index in [0.29, 0.717) is 12.3 Å². The van der Waals surface area contributed by atoms with Gasteiger partial charge < -0.3 is 15.0 Å². The zero-order chi connectivity index (χ0) is 15.4. The summed E-state index contributed by atoms with van der Waals surface area (Å²) in [7, 11) is 0. The van der Waals surface area contributed by atoms with Gasteiger partial charge in [-0.1, -0.05) is 26.0 Å². The number of carbonyl (C=O) groups excluding carboxylic acids is 2. The Morgan fingerprint density at radius 2 is 2.10 bits per heavy atom. The Morgan fingerprint density at radius 1 is 1.33 bits per heavy atom. The van der Waals surface area contributed by atoms with Crippen molar-refractivity contribution in [1.82, 2.24) is 10.3 Å². The van der Waals surface area contributed by atoms with Crippen molar-refractivity contribution in [3.63, 3.8) is 0 Å². The first-order valence-electron chi connectivity index (χ1n) is 7.04. The van der Waals surface area contributed by atoms with Gasteiger partial charge in [-0.2, -0.15) is 0 Å². The van der Waals surface area contributed by atoms with Crippen LogP contribution in [0.1, 0.15) is 26.3 Å². The summed E-state index contributed by atoms with van der Waals surface area (Å²) in [5.74, 6) is 0.0738. The molecule has 21 heavy (non-hydrogen) atoms. The summed E-state index contributed by atoms with van der Waals surface area (Å²) in [6.45, 7) is 5.68. The van der Waals surface area contributed by atoms with Crippen LogP contribution in [0, 0.1) is 5.92 Å². The van der Waals surface area contributed by atoms with Crippen LogP contribution in [0.15, 0.2) is 24.4 Å². The maximum atomic E-state index is 11.7. The first-order valence-corrected chi connectivity index (χ1v) is 7.04. The number of rotatable bonds is 5. The highest BCUT2D eigenvalue weighted by Crippen LogP contribution is 2.28. The topological polar surface area (TPSA) is 71.2 Å². The monoisotopic (exact) mass is 288 g/mol. The molecule has 1 aromatic heterocycles. The number of nitrogens with one attached hydrogen (secondary N) is 2. The van der Waals surface area contributed by atoms with Gasteiger partial charge in [-0.15, -0.1) is 0 Å². The molecule has 5 heteroatoms. The predicted molar refractivity (Wildman–Crippen MR) is 81.2 cm³/mol. The molecule has 0 saturated heterocycles. The third-order valence-electron chi connectivity index (χ3n) is 3.21. The fraction of sp³-hybridized carbons (Fsp3) is 0.375. The largest absolute Gasteiger partial charge is 0.424 e. The minimum absolute atomic E-state index is 0.0404. The molecule has 0 unspecified atom stereocenters. The lowest BCUT2D eigenvalue weighted by molar-refractivity contribution is -0.137. The van der Waals surface area contributed by atoms with Crippen molar-refractivity contribution in [2.24, 2.45) is 5.92 Å². The smallest absolute Gasteiger partial charge is 0.313 e. The van der Waals surface area contributed by atoms with Gasteiger partial charge in [0.15, 0.2) is 5.75 Å². The van der Waals surface area contributed by atoms with Crippen LogP contribution in [0.4, 0.5) is 0 Å². The van der Waals surface area contributed by atoms with Gasteiger partial charge in [0.25, 0.3) is 0 Å². The molecule has 0 spiro atoms. The number of aromatic nitrogens is 1. The zero-order valence-electron chi connectivity index (χ0n) is 12.5. The average Bonchev–Trinajstić information content (AvgIpc) is 2.83. The second-order valence-corrected chi connectivity index (χ2v) is 5.30. The van der Waals surface area contributed by atoms with Crippen LogP contribution in [0.25, 0.3) is 10.9 Å². The van der Waals surface area contributed by atoms with Gasteiger partial charge in [-0.05, 0) is 18.1 Å². The van der Waals surface area contributed by atoms with Crippen LogP contribution in [0.2, 0.25) is 0 Å². The number of fused-ring (bicyclic) bond motifs is 1. The summed E-state index contributed by atoms with van der Waals surface area (Å²) in [4.78, 5) is 25.8. The molecule has 2 N–H and O–H groups in total. The Bertz CT molecular complexity index is 659. The molecule has 0 aliphatic carbocycles. The summed E-state index contributed by atoms with van der Waals surface area (Å²) in [5.41, 5.74) is 1.89. The van der Waals surface area contributed by atoms with Crippen molar-refractivity contribution in [3.8, 4) is 5.75 Å². The highest BCUT2D eigenvalue weighted by atomic mass is 16.5. The lowest BCUT2D eigenvalue weighted by Crippen LogP contribution is -2.22. The van der Waals surface area contributed by atoms with Gasteiger partial charge >= 0.3 is 5.97 Å². The molecule has 0 saturated carbocycles. The fourth-order valence-corrected chi connectivity index (χ4v) is 2.08. The number of hydrogen-bond donors (Lipinski definition) is 2. The van der Waals surface area contributed by atoms with E-state index < -0.39 is 0 Å². The Kier molecular flexibility index (Phi) is 4.62. The number of hydrogen-bond acceptors (Lipinski definition) is 3. The molecule has 1 heterocycles. The number of aromatic amines is 1. The Balaban J connectivity index is 2.20. The number of esters is 1. The molecule has 5 nitrogen and oxygen atoms in total. The molecule has 0 aliphatic heterocycles. The van der Waals surface area contributed by atoms with Crippen molar-refractivity contribution in [3.05, 3.63) is 30.0 Å². The predicted octanol–water partition coefficient (Wildman–Crippen LogP) is 2.41. The van der Waals surface area contributed by atoms with E-state index in [0.717, 1.165) is 22.9 Å². The minimum Gasteiger partial charge on any atom is -0.424 e. The van der Waals surface area contributed by atoms with Gasteiger partial charge in [0.1, 0.15) is 0 Å².